The smallest absolute Gasteiger partial charge is 0.266 e. The van der Waals surface area contributed by atoms with Crippen molar-refractivity contribution in [2.24, 2.45) is 0 Å². The lowest BCUT2D eigenvalue weighted by Gasteiger charge is -2.16. The second kappa shape index (κ2) is 10.6. The number of nitrogens with zero attached hydrogens (tertiary/aromatic N) is 2. The summed E-state index contributed by atoms with van der Waals surface area (Å²) in [6, 6.07) is 15.2. The van der Waals surface area contributed by atoms with Gasteiger partial charge in [0.2, 0.25) is 5.91 Å². The number of fused-ring (bicyclic) bond motifs is 1. The predicted octanol–water partition coefficient (Wildman–Crippen LogP) is 4.14. The first-order chi connectivity index (χ1) is 14.9. The number of thioether (sulfide) groups is 1. The number of ether oxygens (including phenoxy) is 1. The van der Waals surface area contributed by atoms with E-state index in [2.05, 4.69) is 31.3 Å². The van der Waals surface area contributed by atoms with Crippen LogP contribution in [0, 0.1) is 0 Å². The molecular weight excluding hydrogens is 410 g/mol. The maximum atomic E-state index is 13.3. The van der Waals surface area contributed by atoms with Crippen molar-refractivity contribution in [3.8, 4) is 5.69 Å². The Morgan fingerprint density at radius 3 is 2.55 bits per heavy atom. The number of carbonyl (C=O) groups excluding carboxylic acids is 1. The maximum Gasteiger partial charge on any atom is 0.266 e. The number of para-hydroxylation sites is 1. The molecule has 31 heavy (non-hydrogen) atoms. The first kappa shape index (κ1) is 23.0. The fraction of sp³-hybridized carbons (Fsp3) is 0.375. The molecule has 0 saturated carbocycles. The van der Waals surface area contributed by atoms with Gasteiger partial charge >= 0.3 is 0 Å². The average molecular weight is 440 g/mol. The molecule has 0 saturated heterocycles. The molecule has 1 N–H and O–H groups in total. The van der Waals surface area contributed by atoms with E-state index in [1.165, 1.54) is 17.3 Å². The molecule has 0 aliphatic heterocycles. The largest absolute Gasteiger partial charge is 0.383 e. The minimum atomic E-state index is -0.141. The minimum absolute atomic E-state index is 0.0852. The van der Waals surface area contributed by atoms with Crippen molar-refractivity contribution in [3.63, 3.8) is 0 Å². The first-order valence-corrected chi connectivity index (χ1v) is 11.5. The highest BCUT2D eigenvalue weighted by Gasteiger charge is 2.16. The molecule has 3 rings (SSSR count). The zero-order chi connectivity index (χ0) is 22.4. The van der Waals surface area contributed by atoms with Gasteiger partial charge in [0.15, 0.2) is 5.16 Å². The minimum Gasteiger partial charge on any atom is -0.383 e. The van der Waals surface area contributed by atoms with Gasteiger partial charge in [-0.05, 0) is 49.1 Å². The van der Waals surface area contributed by atoms with E-state index in [0.29, 0.717) is 28.6 Å². The first-order valence-electron chi connectivity index (χ1n) is 10.5. The highest BCUT2D eigenvalue weighted by molar-refractivity contribution is 7.99. The number of aromatic nitrogens is 2. The lowest BCUT2D eigenvalue weighted by atomic mass is 9.98. The molecule has 2 unspecified atom stereocenters. The van der Waals surface area contributed by atoms with E-state index >= 15 is 0 Å². The SMILES string of the molecule is CCC(C)c1ccc(-n2c(SCC(=O)NC(C)COC)nc3ccccc3c2=O)cc1. The number of rotatable bonds is 9. The Balaban J connectivity index is 1.96. The van der Waals surface area contributed by atoms with E-state index in [1.807, 2.05) is 37.3 Å². The van der Waals surface area contributed by atoms with Gasteiger partial charge in [-0.2, -0.15) is 0 Å². The Bertz CT molecular complexity index is 1100. The van der Waals surface area contributed by atoms with Crippen LogP contribution in [0.5, 0.6) is 0 Å². The van der Waals surface area contributed by atoms with Gasteiger partial charge in [0.1, 0.15) is 0 Å². The summed E-state index contributed by atoms with van der Waals surface area (Å²) in [6.07, 6.45) is 1.05. The normalized spacial score (nSPS) is 13.2. The zero-order valence-corrected chi connectivity index (χ0v) is 19.2. The molecule has 2 atom stereocenters. The second-order valence-corrected chi connectivity index (χ2v) is 8.61. The summed E-state index contributed by atoms with van der Waals surface area (Å²) in [7, 11) is 1.60. The number of hydrogen-bond donors (Lipinski definition) is 1. The Morgan fingerprint density at radius 2 is 1.87 bits per heavy atom. The molecule has 0 aliphatic carbocycles. The molecular formula is C24H29N3O3S. The van der Waals surface area contributed by atoms with Crippen molar-refractivity contribution in [1.29, 1.82) is 0 Å². The maximum absolute atomic E-state index is 13.3. The Labute approximate surface area is 187 Å². The van der Waals surface area contributed by atoms with Crippen LogP contribution in [-0.2, 0) is 9.53 Å². The van der Waals surface area contributed by atoms with Gasteiger partial charge in [-0.25, -0.2) is 4.98 Å². The molecule has 0 radical (unpaired) electrons. The molecule has 1 aromatic heterocycles. The van der Waals surface area contributed by atoms with Gasteiger partial charge < -0.3 is 10.1 Å². The van der Waals surface area contributed by atoms with Crippen molar-refractivity contribution in [1.82, 2.24) is 14.9 Å². The van der Waals surface area contributed by atoms with Crippen LogP contribution in [0.15, 0.2) is 58.5 Å². The van der Waals surface area contributed by atoms with E-state index in [-0.39, 0.29) is 23.3 Å². The standard InChI is InChI=1S/C24H29N3O3S/c1-5-16(2)18-10-12-19(13-11-18)27-23(29)20-8-6-7-9-21(20)26-24(27)31-15-22(28)25-17(3)14-30-4/h6-13,16-17H,5,14-15H2,1-4H3,(H,25,28). The molecule has 1 amide bonds. The fourth-order valence-corrected chi connectivity index (χ4v) is 4.19. The van der Waals surface area contributed by atoms with Crippen LogP contribution < -0.4 is 10.9 Å². The van der Waals surface area contributed by atoms with Crippen molar-refractivity contribution >= 4 is 28.6 Å². The van der Waals surface area contributed by atoms with E-state index in [9.17, 15) is 9.59 Å². The van der Waals surface area contributed by atoms with Crippen molar-refractivity contribution in [2.45, 2.75) is 44.3 Å². The van der Waals surface area contributed by atoms with Crippen molar-refractivity contribution in [3.05, 3.63) is 64.4 Å². The molecule has 0 bridgehead atoms. The number of methoxy groups -OCH3 is 1. The summed E-state index contributed by atoms with van der Waals surface area (Å²) in [6.45, 7) is 6.67. The van der Waals surface area contributed by atoms with Crippen LogP contribution in [0.3, 0.4) is 0 Å². The Kier molecular flexibility index (Phi) is 7.87. The lowest BCUT2D eigenvalue weighted by molar-refractivity contribution is -0.119. The third kappa shape index (κ3) is 5.54. The molecule has 6 nitrogen and oxygen atoms in total. The molecule has 0 spiro atoms. The lowest BCUT2D eigenvalue weighted by Crippen LogP contribution is -2.36. The highest BCUT2D eigenvalue weighted by Crippen LogP contribution is 2.24. The summed E-state index contributed by atoms with van der Waals surface area (Å²) in [5.74, 6) is 0.479. The van der Waals surface area contributed by atoms with Gasteiger partial charge in [0, 0.05) is 13.2 Å². The van der Waals surface area contributed by atoms with Gasteiger partial charge in [-0.15, -0.1) is 0 Å². The summed E-state index contributed by atoms with van der Waals surface area (Å²) < 4.78 is 6.66. The summed E-state index contributed by atoms with van der Waals surface area (Å²) in [5, 5.41) is 3.94. The van der Waals surface area contributed by atoms with E-state index in [1.54, 1.807) is 17.7 Å². The van der Waals surface area contributed by atoms with Crippen LogP contribution in [0.4, 0.5) is 0 Å². The summed E-state index contributed by atoms with van der Waals surface area (Å²) in [5.41, 5.74) is 2.45. The van der Waals surface area contributed by atoms with Crippen molar-refractivity contribution < 1.29 is 9.53 Å². The zero-order valence-electron chi connectivity index (χ0n) is 18.4. The molecule has 1 heterocycles. The summed E-state index contributed by atoms with van der Waals surface area (Å²) in [4.78, 5) is 30.4. The van der Waals surface area contributed by atoms with Gasteiger partial charge in [0.05, 0.1) is 29.0 Å². The fourth-order valence-electron chi connectivity index (χ4n) is 3.36. The quantitative estimate of drug-likeness (QED) is 0.401. The molecule has 0 aliphatic rings. The molecule has 0 fully saturated rings. The number of carbonyl (C=O) groups is 1. The number of amides is 1. The van der Waals surface area contributed by atoms with Crippen LogP contribution >= 0.6 is 11.8 Å². The predicted molar refractivity (Wildman–Crippen MR) is 126 cm³/mol. The number of hydrogen-bond acceptors (Lipinski definition) is 5. The Morgan fingerprint density at radius 1 is 1.16 bits per heavy atom. The topological polar surface area (TPSA) is 73.2 Å². The van der Waals surface area contributed by atoms with E-state index in [0.717, 1.165) is 12.1 Å². The molecule has 164 valence electrons. The average Bonchev–Trinajstić information content (AvgIpc) is 2.77. The van der Waals surface area contributed by atoms with Gasteiger partial charge in [0.25, 0.3) is 5.56 Å². The van der Waals surface area contributed by atoms with Gasteiger partial charge in [-0.3, -0.25) is 14.2 Å². The third-order valence-electron chi connectivity index (χ3n) is 5.23. The Hall–Kier alpha value is -2.64. The molecule has 7 heteroatoms. The van der Waals surface area contributed by atoms with Crippen molar-refractivity contribution in [2.75, 3.05) is 19.5 Å². The molecule has 3 aromatic rings. The van der Waals surface area contributed by atoms with Crippen LogP contribution in [0.25, 0.3) is 16.6 Å². The summed E-state index contributed by atoms with van der Waals surface area (Å²) >= 11 is 1.25. The van der Waals surface area contributed by atoms with E-state index < -0.39 is 0 Å². The highest BCUT2D eigenvalue weighted by atomic mass is 32.2. The van der Waals surface area contributed by atoms with Crippen LogP contribution in [-0.4, -0.2) is 41.0 Å². The van der Waals surface area contributed by atoms with E-state index in [4.69, 9.17) is 9.72 Å². The number of benzene rings is 2. The van der Waals surface area contributed by atoms with Gasteiger partial charge in [-0.1, -0.05) is 49.9 Å². The van der Waals surface area contributed by atoms with Crippen LogP contribution in [0.1, 0.15) is 38.7 Å². The molecule has 2 aromatic carbocycles. The number of nitrogens with one attached hydrogen (secondary N) is 1. The monoisotopic (exact) mass is 439 g/mol. The van der Waals surface area contributed by atoms with Crippen LogP contribution in [0.2, 0.25) is 0 Å². The third-order valence-corrected chi connectivity index (χ3v) is 6.17. The second-order valence-electron chi connectivity index (χ2n) is 7.67.